The van der Waals surface area contributed by atoms with Gasteiger partial charge in [-0.05, 0) is 50.0 Å². The Hall–Kier alpha value is -1.62. The fourth-order valence-corrected chi connectivity index (χ4v) is 2.62. The first-order valence-corrected chi connectivity index (χ1v) is 7.72. The number of rotatable bonds is 3. The Kier molecular flexibility index (Phi) is 4.71. The second kappa shape index (κ2) is 6.11. The van der Waals surface area contributed by atoms with Crippen LogP contribution in [0.15, 0.2) is 24.3 Å². The van der Waals surface area contributed by atoms with Crippen molar-refractivity contribution in [2.75, 3.05) is 5.73 Å². The zero-order valence-corrected chi connectivity index (χ0v) is 14.1. The Morgan fingerprint density at radius 2 is 2.00 bits per heavy atom. The fourth-order valence-electron chi connectivity index (χ4n) is 2.50. The summed E-state index contributed by atoms with van der Waals surface area (Å²) in [5.41, 5.74) is 6.58. The first-order valence-electron chi connectivity index (χ1n) is 7.35. The molecule has 1 aromatic rings. The number of nitrogen functional groups attached to an aromatic ring is 1. The fraction of sp³-hybridized carbons (Fsp3) is 0.471. The van der Waals surface area contributed by atoms with Gasteiger partial charge >= 0.3 is 5.97 Å². The molecule has 1 aliphatic carbocycles. The number of benzene rings is 1. The summed E-state index contributed by atoms with van der Waals surface area (Å²) in [4.78, 5) is 12.1. The van der Waals surface area contributed by atoms with E-state index in [0.29, 0.717) is 21.8 Å². The van der Waals surface area contributed by atoms with E-state index in [4.69, 9.17) is 22.1 Å². The van der Waals surface area contributed by atoms with Crippen LogP contribution in [0.25, 0.3) is 5.57 Å². The summed E-state index contributed by atoms with van der Waals surface area (Å²) in [6.07, 6.45) is 0.710. The molecule has 1 fully saturated rings. The van der Waals surface area contributed by atoms with Crippen molar-refractivity contribution >= 4 is 28.8 Å². The molecule has 3 nitrogen and oxygen atoms in total. The summed E-state index contributed by atoms with van der Waals surface area (Å²) in [5, 5.41) is 0.379. The molecule has 0 bridgehead atoms. The Balaban J connectivity index is 2.32. The molecule has 0 heterocycles. The van der Waals surface area contributed by atoms with Gasteiger partial charge in [-0.15, -0.1) is 0 Å². The van der Waals surface area contributed by atoms with E-state index in [2.05, 4.69) is 0 Å². The largest absolute Gasteiger partial charge is 0.457 e. The predicted octanol–water partition coefficient (Wildman–Crippen LogP) is 4.69. The zero-order valence-electron chi connectivity index (χ0n) is 13.3. The van der Waals surface area contributed by atoms with Crippen molar-refractivity contribution < 1.29 is 18.3 Å². The van der Waals surface area contributed by atoms with E-state index in [1.807, 2.05) is 0 Å². The highest BCUT2D eigenvalue weighted by molar-refractivity contribution is 6.33. The lowest BCUT2D eigenvalue weighted by atomic mass is 9.74. The van der Waals surface area contributed by atoms with Gasteiger partial charge in [0.2, 0.25) is 5.92 Å². The SMILES string of the molecule is CC(C)(C)OC(=O)/C=C(/c1ccc(Cl)c(N)c1)C1CC(F)(F)C1. The van der Waals surface area contributed by atoms with Crippen LogP contribution in [0, 0.1) is 5.92 Å². The molecule has 0 unspecified atom stereocenters. The predicted molar refractivity (Wildman–Crippen MR) is 87.4 cm³/mol. The van der Waals surface area contributed by atoms with Crippen LogP contribution in [0.4, 0.5) is 14.5 Å². The van der Waals surface area contributed by atoms with E-state index < -0.39 is 23.4 Å². The van der Waals surface area contributed by atoms with Crippen molar-refractivity contribution in [1.82, 2.24) is 0 Å². The minimum Gasteiger partial charge on any atom is -0.457 e. The number of ether oxygens (including phenoxy) is 1. The van der Waals surface area contributed by atoms with Crippen molar-refractivity contribution in [3.05, 3.63) is 34.9 Å². The third-order valence-electron chi connectivity index (χ3n) is 3.54. The van der Waals surface area contributed by atoms with Gasteiger partial charge in [0.1, 0.15) is 5.60 Å². The molecular weight excluding hydrogens is 324 g/mol. The number of nitrogens with two attached hydrogens (primary N) is 1. The van der Waals surface area contributed by atoms with Gasteiger partial charge in [0.05, 0.1) is 10.7 Å². The Morgan fingerprint density at radius 3 is 2.48 bits per heavy atom. The van der Waals surface area contributed by atoms with E-state index in [1.54, 1.807) is 39.0 Å². The summed E-state index contributed by atoms with van der Waals surface area (Å²) in [6.45, 7) is 5.24. The van der Waals surface area contributed by atoms with Gasteiger partial charge in [-0.3, -0.25) is 0 Å². The van der Waals surface area contributed by atoms with Gasteiger partial charge in [0.15, 0.2) is 0 Å². The summed E-state index contributed by atoms with van der Waals surface area (Å²) in [5.74, 6) is -3.65. The van der Waals surface area contributed by atoms with Gasteiger partial charge in [-0.1, -0.05) is 17.7 Å². The molecule has 2 rings (SSSR count). The van der Waals surface area contributed by atoms with E-state index in [-0.39, 0.29) is 12.8 Å². The highest BCUT2D eigenvalue weighted by Crippen LogP contribution is 2.49. The van der Waals surface area contributed by atoms with Crippen LogP contribution >= 0.6 is 11.6 Å². The van der Waals surface area contributed by atoms with E-state index >= 15 is 0 Å². The molecule has 6 heteroatoms. The Morgan fingerprint density at radius 1 is 1.39 bits per heavy atom. The molecule has 0 amide bonds. The highest BCUT2D eigenvalue weighted by atomic mass is 35.5. The molecule has 1 saturated carbocycles. The summed E-state index contributed by atoms with van der Waals surface area (Å²) in [6, 6.07) is 4.85. The van der Waals surface area contributed by atoms with E-state index in [1.165, 1.54) is 6.08 Å². The number of hydrogen-bond donors (Lipinski definition) is 1. The third-order valence-corrected chi connectivity index (χ3v) is 3.88. The van der Waals surface area contributed by atoms with Gasteiger partial charge in [-0.25, -0.2) is 13.6 Å². The summed E-state index contributed by atoms with van der Waals surface area (Å²) in [7, 11) is 0. The number of carbonyl (C=O) groups is 1. The second-order valence-electron chi connectivity index (χ2n) is 6.83. The van der Waals surface area contributed by atoms with E-state index in [0.717, 1.165) is 0 Å². The van der Waals surface area contributed by atoms with Crippen LogP contribution in [-0.4, -0.2) is 17.5 Å². The number of allylic oxidation sites excluding steroid dienone is 1. The lowest BCUT2D eigenvalue weighted by Gasteiger charge is -2.36. The number of carbonyl (C=O) groups excluding carboxylic acids is 1. The molecule has 0 radical (unpaired) electrons. The van der Waals surface area contributed by atoms with Crippen molar-refractivity contribution in [3.63, 3.8) is 0 Å². The summed E-state index contributed by atoms with van der Waals surface area (Å²) < 4.78 is 31.7. The minimum atomic E-state index is -2.68. The lowest BCUT2D eigenvalue weighted by Crippen LogP contribution is -2.36. The van der Waals surface area contributed by atoms with Gasteiger partial charge < -0.3 is 10.5 Å². The summed E-state index contributed by atoms with van der Waals surface area (Å²) >= 11 is 5.89. The number of esters is 1. The maximum Gasteiger partial charge on any atom is 0.331 e. The first-order chi connectivity index (χ1) is 10.5. The molecule has 0 atom stereocenters. The van der Waals surface area contributed by atoms with Crippen LogP contribution in [0.5, 0.6) is 0 Å². The second-order valence-corrected chi connectivity index (χ2v) is 7.24. The Labute approximate surface area is 139 Å². The number of alkyl halides is 2. The van der Waals surface area contributed by atoms with Crippen LogP contribution < -0.4 is 5.73 Å². The van der Waals surface area contributed by atoms with Crippen LogP contribution in [0.3, 0.4) is 0 Å². The molecule has 1 aliphatic rings. The van der Waals surface area contributed by atoms with Gasteiger partial charge in [-0.2, -0.15) is 0 Å². The Bertz CT molecular complexity index is 642. The lowest BCUT2D eigenvalue weighted by molar-refractivity contribution is -0.148. The number of anilines is 1. The maximum atomic E-state index is 13.2. The van der Waals surface area contributed by atoms with Crippen LogP contribution in [-0.2, 0) is 9.53 Å². The molecule has 0 aromatic heterocycles. The van der Waals surface area contributed by atoms with Crippen molar-refractivity contribution in [2.24, 2.45) is 5.92 Å². The highest BCUT2D eigenvalue weighted by Gasteiger charge is 2.47. The zero-order chi connectivity index (χ0) is 17.4. The minimum absolute atomic E-state index is 0.288. The molecule has 1 aromatic carbocycles. The number of hydrogen-bond acceptors (Lipinski definition) is 3. The van der Waals surface area contributed by atoms with E-state index in [9.17, 15) is 13.6 Å². The molecule has 0 aliphatic heterocycles. The smallest absolute Gasteiger partial charge is 0.331 e. The topological polar surface area (TPSA) is 52.3 Å². The van der Waals surface area contributed by atoms with Gasteiger partial charge in [0.25, 0.3) is 0 Å². The standard InChI is InChI=1S/C17H20ClF2NO2/c1-16(2,3)23-15(22)7-12(11-8-17(19,20)9-11)10-4-5-13(18)14(21)6-10/h4-7,11H,8-9,21H2,1-3H3/b12-7-. The van der Waals surface area contributed by atoms with Crippen LogP contribution in [0.1, 0.15) is 39.2 Å². The average molecular weight is 344 g/mol. The third kappa shape index (κ3) is 4.67. The maximum absolute atomic E-state index is 13.2. The van der Waals surface area contributed by atoms with Crippen molar-refractivity contribution in [1.29, 1.82) is 0 Å². The molecule has 0 saturated heterocycles. The van der Waals surface area contributed by atoms with Crippen molar-refractivity contribution in [3.8, 4) is 0 Å². The quantitative estimate of drug-likeness (QED) is 0.492. The molecule has 2 N–H and O–H groups in total. The molecule has 0 spiro atoms. The normalized spacial score (nSPS) is 18.4. The molecular formula is C17H20ClF2NO2. The van der Waals surface area contributed by atoms with Gasteiger partial charge in [0, 0.05) is 18.9 Å². The first kappa shape index (κ1) is 17.7. The molecule has 23 heavy (non-hydrogen) atoms. The van der Waals surface area contributed by atoms with Crippen LogP contribution in [0.2, 0.25) is 5.02 Å². The molecule has 126 valence electrons. The number of halogens is 3. The monoisotopic (exact) mass is 343 g/mol. The van der Waals surface area contributed by atoms with Crippen molar-refractivity contribution in [2.45, 2.75) is 45.1 Å². The average Bonchev–Trinajstić information content (AvgIpc) is 2.34.